The van der Waals surface area contributed by atoms with E-state index < -0.39 is 24.1 Å². The normalized spacial score (nSPS) is 15.9. The predicted octanol–water partition coefficient (Wildman–Crippen LogP) is 2.31. The first-order valence-corrected chi connectivity index (χ1v) is 11.7. The van der Waals surface area contributed by atoms with Crippen molar-refractivity contribution in [2.24, 2.45) is 0 Å². The summed E-state index contributed by atoms with van der Waals surface area (Å²) in [6.45, 7) is 0.678. The van der Waals surface area contributed by atoms with Gasteiger partial charge in [-0.05, 0) is 53.6 Å². The molecule has 2 heterocycles. The Morgan fingerprint density at radius 3 is 2.64 bits per heavy atom. The van der Waals surface area contributed by atoms with Gasteiger partial charge in [-0.3, -0.25) is 9.59 Å². The number of amides is 3. The highest BCUT2D eigenvalue weighted by atomic mass is 16.5. The van der Waals surface area contributed by atoms with Gasteiger partial charge in [-0.1, -0.05) is 24.3 Å². The largest absolute Gasteiger partial charge is 0.497 e. The molecular weight excluding hydrogens is 462 g/mol. The quantitative estimate of drug-likeness (QED) is 0.378. The number of rotatable bonds is 8. The summed E-state index contributed by atoms with van der Waals surface area (Å²) < 4.78 is 5.15. The number of nitrogens with zero attached hydrogens (tertiary/aromatic N) is 2. The molecule has 0 bridgehead atoms. The zero-order valence-corrected chi connectivity index (χ0v) is 19.9. The van der Waals surface area contributed by atoms with Crippen molar-refractivity contribution in [1.82, 2.24) is 20.5 Å². The number of anilines is 1. The SMILES string of the molecule is COc1ccc(CC(NC(=O)O)C(=O)N2CCCC2C(=O)NCc2ccc3c(N)nccc3c2)cc1. The van der Waals surface area contributed by atoms with Crippen molar-refractivity contribution >= 4 is 34.5 Å². The summed E-state index contributed by atoms with van der Waals surface area (Å²) in [6, 6.07) is 12.9. The Bertz CT molecular complexity index is 1260. The minimum Gasteiger partial charge on any atom is -0.497 e. The van der Waals surface area contributed by atoms with Gasteiger partial charge in [-0.15, -0.1) is 0 Å². The van der Waals surface area contributed by atoms with Gasteiger partial charge in [-0.2, -0.15) is 0 Å². The third-order valence-corrected chi connectivity index (χ3v) is 6.36. The molecule has 0 aliphatic carbocycles. The van der Waals surface area contributed by atoms with Gasteiger partial charge in [0.1, 0.15) is 23.7 Å². The molecule has 188 valence electrons. The first kappa shape index (κ1) is 24.8. The molecule has 0 saturated carbocycles. The minimum atomic E-state index is -1.30. The van der Waals surface area contributed by atoms with E-state index in [-0.39, 0.29) is 18.9 Å². The van der Waals surface area contributed by atoms with E-state index >= 15 is 0 Å². The molecule has 2 aromatic carbocycles. The third-order valence-electron chi connectivity index (χ3n) is 6.36. The average Bonchev–Trinajstić information content (AvgIpc) is 3.37. The van der Waals surface area contributed by atoms with E-state index in [2.05, 4.69) is 15.6 Å². The number of benzene rings is 2. The Hall–Kier alpha value is -4.34. The van der Waals surface area contributed by atoms with Gasteiger partial charge < -0.3 is 31.1 Å². The first-order valence-electron chi connectivity index (χ1n) is 11.7. The highest BCUT2D eigenvalue weighted by molar-refractivity contribution is 5.93. The molecule has 3 amide bonds. The summed E-state index contributed by atoms with van der Waals surface area (Å²) in [4.78, 5) is 43.4. The van der Waals surface area contributed by atoms with Gasteiger partial charge in [0.05, 0.1) is 7.11 Å². The number of carbonyl (C=O) groups is 3. The zero-order valence-electron chi connectivity index (χ0n) is 19.9. The van der Waals surface area contributed by atoms with Crippen LogP contribution in [0.2, 0.25) is 0 Å². The van der Waals surface area contributed by atoms with Crippen LogP contribution >= 0.6 is 0 Å². The van der Waals surface area contributed by atoms with E-state index in [1.807, 2.05) is 24.3 Å². The van der Waals surface area contributed by atoms with Crippen LogP contribution in [0.3, 0.4) is 0 Å². The maximum atomic E-state index is 13.4. The number of hydrogen-bond acceptors (Lipinski definition) is 6. The van der Waals surface area contributed by atoms with E-state index in [4.69, 9.17) is 10.5 Å². The van der Waals surface area contributed by atoms with Crippen LogP contribution in [-0.4, -0.2) is 58.6 Å². The lowest BCUT2D eigenvalue weighted by molar-refractivity contribution is -0.140. The van der Waals surface area contributed by atoms with Crippen molar-refractivity contribution < 1.29 is 24.2 Å². The number of carboxylic acid groups (broad SMARTS) is 1. The number of carbonyl (C=O) groups excluding carboxylic acids is 2. The molecule has 10 heteroatoms. The molecule has 5 N–H and O–H groups in total. The molecule has 2 unspecified atom stereocenters. The predicted molar refractivity (Wildman–Crippen MR) is 134 cm³/mol. The first-order chi connectivity index (χ1) is 17.4. The summed E-state index contributed by atoms with van der Waals surface area (Å²) in [5.41, 5.74) is 7.57. The van der Waals surface area contributed by atoms with E-state index in [0.29, 0.717) is 31.0 Å². The van der Waals surface area contributed by atoms with E-state index in [1.165, 1.54) is 4.90 Å². The molecule has 1 aliphatic heterocycles. The highest BCUT2D eigenvalue weighted by Crippen LogP contribution is 2.22. The van der Waals surface area contributed by atoms with Gasteiger partial charge >= 0.3 is 6.09 Å². The Balaban J connectivity index is 1.43. The molecule has 36 heavy (non-hydrogen) atoms. The summed E-state index contributed by atoms with van der Waals surface area (Å²) in [5.74, 6) is 0.422. The van der Waals surface area contributed by atoms with Gasteiger partial charge in [0.15, 0.2) is 0 Å². The molecule has 1 fully saturated rings. The van der Waals surface area contributed by atoms with Gasteiger partial charge in [0, 0.05) is 31.1 Å². The lowest BCUT2D eigenvalue weighted by atomic mass is 10.0. The van der Waals surface area contributed by atoms with Crippen molar-refractivity contribution in [2.45, 2.75) is 37.9 Å². The average molecular weight is 492 g/mol. The summed E-state index contributed by atoms with van der Waals surface area (Å²) in [7, 11) is 1.55. The lowest BCUT2D eigenvalue weighted by Crippen LogP contribution is -2.54. The van der Waals surface area contributed by atoms with Crippen LogP contribution in [0.5, 0.6) is 5.75 Å². The van der Waals surface area contributed by atoms with E-state index in [9.17, 15) is 19.5 Å². The monoisotopic (exact) mass is 491 g/mol. The zero-order chi connectivity index (χ0) is 25.7. The summed E-state index contributed by atoms with van der Waals surface area (Å²) >= 11 is 0. The number of fused-ring (bicyclic) bond motifs is 1. The Morgan fingerprint density at radius 1 is 1.17 bits per heavy atom. The fourth-order valence-electron chi connectivity index (χ4n) is 4.52. The highest BCUT2D eigenvalue weighted by Gasteiger charge is 2.37. The van der Waals surface area contributed by atoms with Crippen molar-refractivity contribution in [3.63, 3.8) is 0 Å². The molecule has 3 aromatic rings. The number of pyridine rings is 1. The van der Waals surface area contributed by atoms with Crippen LogP contribution in [-0.2, 0) is 22.6 Å². The number of methoxy groups -OCH3 is 1. The fraction of sp³-hybridized carbons (Fsp3) is 0.308. The van der Waals surface area contributed by atoms with Gasteiger partial charge in [0.25, 0.3) is 0 Å². The lowest BCUT2D eigenvalue weighted by Gasteiger charge is -2.28. The molecule has 0 spiro atoms. The number of nitrogens with two attached hydrogens (primary N) is 1. The van der Waals surface area contributed by atoms with Crippen molar-refractivity contribution in [3.05, 3.63) is 65.9 Å². The maximum absolute atomic E-state index is 13.4. The molecule has 10 nitrogen and oxygen atoms in total. The van der Waals surface area contributed by atoms with Crippen LogP contribution in [0.1, 0.15) is 24.0 Å². The summed E-state index contributed by atoms with van der Waals surface area (Å²) in [5, 5.41) is 16.3. The van der Waals surface area contributed by atoms with E-state index in [0.717, 1.165) is 21.9 Å². The number of likely N-dealkylation sites (tertiary alicyclic amines) is 1. The van der Waals surface area contributed by atoms with E-state index in [1.54, 1.807) is 37.6 Å². The Labute approximate surface area is 208 Å². The molecule has 1 aliphatic rings. The second-order valence-corrected chi connectivity index (χ2v) is 8.71. The molecule has 1 saturated heterocycles. The minimum absolute atomic E-state index is 0.162. The number of ether oxygens (including phenoxy) is 1. The maximum Gasteiger partial charge on any atom is 0.405 e. The van der Waals surface area contributed by atoms with Crippen molar-refractivity contribution in [2.75, 3.05) is 19.4 Å². The molecular formula is C26H29N5O5. The fourth-order valence-corrected chi connectivity index (χ4v) is 4.52. The van der Waals surface area contributed by atoms with Gasteiger partial charge in [-0.25, -0.2) is 9.78 Å². The smallest absolute Gasteiger partial charge is 0.405 e. The number of nitrogen functional groups attached to an aromatic ring is 1. The second kappa shape index (κ2) is 10.9. The van der Waals surface area contributed by atoms with Crippen LogP contribution in [0, 0.1) is 0 Å². The van der Waals surface area contributed by atoms with Crippen LogP contribution < -0.4 is 21.1 Å². The topological polar surface area (TPSA) is 147 Å². The number of aromatic nitrogens is 1. The Kier molecular flexibility index (Phi) is 7.53. The molecule has 4 rings (SSSR count). The molecule has 0 radical (unpaired) electrons. The standard InChI is InChI=1S/C26H29N5O5/c1-36-19-7-4-16(5-8-19)14-21(30-26(34)35)25(33)31-12-2-3-22(31)24(32)29-15-17-6-9-20-18(13-17)10-11-28-23(20)27/h4-11,13,21-22,30H,2-3,12,14-15H2,1H3,(H2,27,28)(H,29,32)(H,34,35). The Morgan fingerprint density at radius 2 is 1.92 bits per heavy atom. The second-order valence-electron chi connectivity index (χ2n) is 8.71. The van der Waals surface area contributed by atoms with Crippen molar-refractivity contribution in [3.8, 4) is 5.75 Å². The van der Waals surface area contributed by atoms with Gasteiger partial charge in [0.2, 0.25) is 11.8 Å². The molecule has 1 aromatic heterocycles. The van der Waals surface area contributed by atoms with Crippen LogP contribution in [0.25, 0.3) is 10.8 Å². The third kappa shape index (κ3) is 5.65. The number of nitrogens with one attached hydrogen (secondary N) is 2. The van der Waals surface area contributed by atoms with Crippen LogP contribution in [0.4, 0.5) is 10.6 Å². The number of hydrogen-bond donors (Lipinski definition) is 4. The van der Waals surface area contributed by atoms with Crippen LogP contribution in [0.15, 0.2) is 54.7 Å². The molecule has 2 atom stereocenters. The summed E-state index contributed by atoms with van der Waals surface area (Å²) in [6.07, 6.45) is 1.67. The van der Waals surface area contributed by atoms with Crippen molar-refractivity contribution in [1.29, 1.82) is 0 Å².